The molecule has 0 saturated carbocycles. The Morgan fingerprint density at radius 1 is 1.29 bits per heavy atom. The lowest BCUT2D eigenvalue weighted by Crippen LogP contribution is -2.05. The zero-order valence-corrected chi connectivity index (χ0v) is 8.07. The summed E-state index contributed by atoms with van der Waals surface area (Å²) in [7, 11) is 0. The minimum absolute atomic E-state index is 0.0683. The number of cyclic esters (lactones) is 1. The van der Waals surface area contributed by atoms with Crippen LogP contribution in [0.15, 0.2) is 42.0 Å². The second kappa shape index (κ2) is 3.66. The van der Waals surface area contributed by atoms with Crippen molar-refractivity contribution < 1.29 is 9.53 Å². The smallest absolute Gasteiger partial charge is 0.334 e. The van der Waals surface area contributed by atoms with E-state index >= 15 is 0 Å². The predicted octanol–water partition coefficient (Wildman–Crippen LogP) is 2.10. The molecule has 0 radical (unpaired) electrons. The molecule has 1 aromatic carbocycles. The second-order valence-electron chi connectivity index (χ2n) is 3.46. The fraction of sp³-hybridized carbons (Fsp3) is 0.250. The zero-order valence-electron chi connectivity index (χ0n) is 8.07. The highest BCUT2D eigenvalue weighted by Crippen LogP contribution is 2.17. The van der Waals surface area contributed by atoms with Crippen molar-refractivity contribution in [2.24, 2.45) is 0 Å². The molecule has 1 aliphatic rings. The molecule has 1 aromatic rings. The summed E-state index contributed by atoms with van der Waals surface area (Å²) in [6.45, 7) is 1.87. The molecule has 2 rings (SSSR count). The molecular weight excluding hydrogens is 176 g/mol. The van der Waals surface area contributed by atoms with Crippen LogP contribution in [0.25, 0.3) is 0 Å². The molecule has 72 valence electrons. The van der Waals surface area contributed by atoms with E-state index in [2.05, 4.69) is 0 Å². The molecule has 0 fully saturated rings. The van der Waals surface area contributed by atoms with E-state index in [1.165, 1.54) is 0 Å². The van der Waals surface area contributed by atoms with E-state index < -0.39 is 0 Å². The van der Waals surface area contributed by atoms with Gasteiger partial charge in [0.15, 0.2) is 0 Å². The summed E-state index contributed by atoms with van der Waals surface area (Å²) in [4.78, 5) is 11.3. The van der Waals surface area contributed by atoms with Crippen LogP contribution >= 0.6 is 0 Å². The minimum Gasteiger partial charge on any atom is -0.455 e. The van der Waals surface area contributed by atoms with Crippen LogP contribution in [-0.4, -0.2) is 12.1 Å². The Morgan fingerprint density at radius 2 is 2.00 bits per heavy atom. The fourth-order valence-electron chi connectivity index (χ4n) is 1.58. The Bertz CT molecular complexity index is 365. The quantitative estimate of drug-likeness (QED) is 0.664. The molecule has 0 aromatic heterocycles. The van der Waals surface area contributed by atoms with Gasteiger partial charge in [0, 0.05) is 12.0 Å². The maximum Gasteiger partial charge on any atom is 0.334 e. The van der Waals surface area contributed by atoms with E-state index in [1.54, 1.807) is 0 Å². The monoisotopic (exact) mass is 188 g/mol. The van der Waals surface area contributed by atoms with Crippen molar-refractivity contribution in [3.05, 3.63) is 47.5 Å². The van der Waals surface area contributed by atoms with Gasteiger partial charge in [-0.1, -0.05) is 30.3 Å². The van der Waals surface area contributed by atoms with Crippen LogP contribution in [0, 0.1) is 0 Å². The molecule has 2 nitrogen and oxygen atoms in total. The molecule has 14 heavy (non-hydrogen) atoms. The van der Waals surface area contributed by atoms with E-state index in [9.17, 15) is 4.79 Å². The first kappa shape index (κ1) is 9.00. The first-order valence-corrected chi connectivity index (χ1v) is 4.71. The van der Waals surface area contributed by atoms with Crippen LogP contribution in [0.4, 0.5) is 0 Å². The summed E-state index contributed by atoms with van der Waals surface area (Å²) in [6, 6.07) is 9.93. The Balaban J connectivity index is 2.12. The Hall–Kier alpha value is -1.57. The molecule has 1 aliphatic heterocycles. The van der Waals surface area contributed by atoms with E-state index in [0.717, 1.165) is 11.1 Å². The van der Waals surface area contributed by atoms with Crippen LogP contribution in [0.3, 0.4) is 0 Å². The number of benzene rings is 1. The van der Waals surface area contributed by atoms with Gasteiger partial charge >= 0.3 is 5.97 Å². The number of hydrogen-bond donors (Lipinski definition) is 0. The largest absolute Gasteiger partial charge is 0.455 e. The summed E-state index contributed by atoms with van der Waals surface area (Å²) in [5.41, 5.74) is 1.91. The fourth-order valence-corrected chi connectivity index (χ4v) is 1.58. The lowest BCUT2D eigenvalue weighted by atomic mass is 10.1. The lowest BCUT2D eigenvalue weighted by molar-refractivity contribution is -0.139. The van der Waals surface area contributed by atoms with Gasteiger partial charge in [-0.15, -0.1) is 0 Å². The highest BCUT2D eigenvalue weighted by molar-refractivity contribution is 5.91. The third kappa shape index (κ3) is 1.84. The van der Waals surface area contributed by atoms with Crippen LogP contribution < -0.4 is 0 Å². The number of rotatable bonds is 2. The summed E-state index contributed by atoms with van der Waals surface area (Å²) in [5.74, 6) is -0.179. The average Bonchev–Trinajstić information content (AvgIpc) is 2.47. The summed E-state index contributed by atoms with van der Waals surface area (Å²) in [6.07, 6.45) is 2.49. The standard InChI is InChI=1S/C12H12O2/c1-9-7-11(12(13)14-9)8-10-5-3-2-4-6-10/h2-7,9H,8H2,1H3/t9-/m0/s1. The van der Waals surface area contributed by atoms with Gasteiger partial charge < -0.3 is 4.74 Å². The van der Waals surface area contributed by atoms with Gasteiger partial charge in [0.2, 0.25) is 0 Å². The molecule has 0 N–H and O–H groups in total. The molecule has 2 heteroatoms. The van der Waals surface area contributed by atoms with Crippen molar-refractivity contribution in [2.75, 3.05) is 0 Å². The third-order valence-corrected chi connectivity index (χ3v) is 2.23. The molecule has 0 amide bonds. The van der Waals surface area contributed by atoms with Crippen molar-refractivity contribution in [3.63, 3.8) is 0 Å². The number of esters is 1. The average molecular weight is 188 g/mol. The Labute approximate surface area is 83.2 Å². The molecule has 0 bridgehead atoms. The normalized spacial score (nSPS) is 20.5. The highest BCUT2D eigenvalue weighted by Gasteiger charge is 2.21. The van der Waals surface area contributed by atoms with E-state index in [-0.39, 0.29) is 12.1 Å². The van der Waals surface area contributed by atoms with Gasteiger partial charge in [-0.3, -0.25) is 0 Å². The van der Waals surface area contributed by atoms with Crippen LogP contribution in [0.1, 0.15) is 12.5 Å². The third-order valence-electron chi connectivity index (χ3n) is 2.23. The van der Waals surface area contributed by atoms with Gasteiger partial charge in [-0.2, -0.15) is 0 Å². The zero-order chi connectivity index (χ0) is 9.97. The van der Waals surface area contributed by atoms with E-state index in [0.29, 0.717) is 6.42 Å². The molecule has 1 heterocycles. The van der Waals surface area contributed by atoms with Gasteiger partial charge in [-0.25, -0.2) is 4.79 Å². The number of hydrogen-bond acceptors (Lipinski definition) is 2. The molecule has 0 unspecified atom stereocenters. The Morgan fingerprint density at radius 3 is 2.57 bits per heavy atom. The maximum absolute atomic E-state index is 11.3. The first-order valence-electron chi connectivity index (χ1n) is 4.71. The lowest BCUT2D eigenvalue weighted by Gasteiger charge is -2.00. The van der Waals surface area contributed by atoms with Crippen molar-refractivity contribution >= 4 is 5.97 Å². The number of ether oxygens (including phenoxy) is 1. The van der Waals surface area contributed by atoms with E-state index in [1.807, 2.05) is 43.3 Å². The van der Waals surface area contributed by atoms with Crippen molar-refractivity contribution in [1.29, 1.82) is 0 Å². The molecule has 0 saturated heterocycles. The Kier molecular flexibility index (Phi) is 2.35. The molecule has 0 spiro atoms. The van der Waals surface area contributed by atoms with Gasteiger partial charge in [-0.05, 0) is 18.6 Å². The summed E-state index contributed by atoms with van der Waals surface area (Å²) >= 11 is 0. The van der Waals surface area contributed by atoms with Crippen LogP contribution in [-0.2, 0) is 16.0 Å². The number of carbonyl (C=O) groups is 1. The van der Waals surface area contributed by atoms with Gasteiger partial charge in [0.05, 0.1) is 0 Å². The first-order chi connectivity index (χ1) is 6.75. The van der Waals surface area contributed by atoms with Crippen LogP contribution in [0.5, 0.6) is 0 Å². The highest BCUT2D eigenvalue weighted by atomic mass is 16.5. The summed E-state index contributed by atoms with van der Waals surface area (Å²) < 4.78 is 5.01. The molecule has 1 atom stereocenters. The summed E-state index contributed by atoms with van der Waals surface area (Å²) in [5, 5.41) is 0. The van der Waals surface area contributed by atoms with Crippen molar-refractivity contribution in [2.45, 2.75) is 19.4 Å². The topological polar surface area (TPSA) is 26.3 Å². The van der Waals surface area contributed by atoms with Crippen molar-refractivity contribution in [3.8, 4) is 0 Å². The predicted molar refractivity (Wildman–Crippen MR) is 53.8 cm³/mol. The van der Waals surface area contributed by atoms with Crippen LogP contribution in [0.2, 0.25) is 0 Å². The second-order valence-corrected chi connectivity index (χ2v) is 3.46. The van der Waals surface area contributed by atoms with E-state index in [4.69, 9.17) is 4.74 Å². The minimum atomic E-state index is -0.179. The van der Waals surface area contributed by atoms with Gasteiger partial charge in [0.25, 0.3) is 0 Å². The molecule has 0 aliphatic carbocycles. The molecular formula is C12H12O2. The van der Waals surface area contributed by atoms with Gasteiger partial charge in [0.1, 0.15) is 6.10 Å². The van der Waals surface area contributed by atoms with Crippen molar-refractivity contribution in [1.82, 2.24) is 0 Å². The maximum atomic E-state index is 11.3. The SMILES string of the molecule is C[C@H]1C=C(Cc2ccccc2)C(=O)O1. The number of carbonyl (C=O) groups excluding carboxylic acids is 1.